The molecule has 124 valence electrons. The summed E-state index contributed by atoms with van der Waals surface area (Å²) in [6.45, 7) is 4.21. The largest absolute Gasteiger partial charge is 0.383 e. The number of H-pyrrole nitrogens is 1. The summed E-state index contributed by atoms with van der Waals surface area (Å²) >= 11 is 1.30. The second-order valence-electron chi connectivity index (χ2n) is 5.30. The number of hydrogen-bond acceptors (Lipinski definition) is 5. The topological polar surface area (TPSA) is 101 Å². The molecule has 0 aliphatic carbocycles. The van der Waals surface area contributed by atoms with Gasteiger partial charge in [0.1, 0.15) is 5.82 Å². The fourth-order valence-electron chi connectivity index (χ4n) is 2.29. The van der Waals surface area contributed by atoms with Crippen molar-refractivity contribution in [3.63, 3.8) is 0 Å². The summed E-state index contributed by atoms with van der Waals surface area (Å²) in [6.07, 6.45) is 1.63. The maximum atomic E-state index is 12.6. The van der Waals surface area contributed by atoms with E-state index in [1.54, 1.807) is 0 Å². The highest BCUT2D eigenvalue weighted by atomic mass is 32.1. The molecule has 2 heterocycles. The molecule has 0 saturated heterocycles. The highest BCUT2D eigenvalue weighted by molar-refractivity contribution is 7.12. The second-order valence-corrected chi connectivity index (χ2v) is 6.21. The molecule has 23 heavy (non-hydrogen) atoms. The van der Waals surface area contributed by atoms with Gasteiger partial charge in [0, 0.05) is 13.6 Å². The molecule has 0 aliphatic rings. The van der Waals surface area contributed by atoms with Crippen LogP contribution >= 0.6 is 11.3 Å². The lowest BCUT2D eigenvalue weighted by atomic mass is 10.2. The summed E-state index contributed by atoms with van der Waals surface area (Å²) < 4.78 is 1.30. The van der Waals surface area contributed by atoms with E-state index in [0.717, 1.165) is 18.4 Å². The number of nitrogen functional groups attached to an aromatic ring is 1. The van der Waals surface area contributed by atoms with Crippen LogP contribution in [-0.2, 0) is 6.54 Å². The zero-order valence-corrected chi connectivity index (χ0v) is 14.2. The van der Waals surface area contributed by atoms with E-state index in [-0.39, 0.29) is 17.4 Å². The Balaban J connectivity index is 2.50. The number of nitrogens with one attached hydrogen (secondary N) is 1. The fraction of sp³-hybridized carbons (Fsp3) is 0.400. The first-order chi connectivity index (χ1) is 10.9. The van der Waals surface area contributed by atoms with Gasteiger partial charge in [0.05, 0.1) is 4.88 Å². The van der Waals surface area contributed by atoms with Crippen molar-refractivity contribution in [2.45, 2.75) is 33.2 Å². The Kier molecular flexibility index (Phi) is 5.05. The van der Waals surface area contributed by atoms with E-state index in [9.17, 15) is 14.4 Å². The van der Waals surface area contributed by atoms with Gasteiger partial charge >= 0.3 is 5.69 Å². The van der Waals surface area contributed by atoms with Crippen LogP contribution in [0.1, 0.15) is 35.0 Å². The van der Waals surface area contributed by atoms with Gasteiger partial charge in [0.25, 0.3) is 11.5 Å². The molecule has 0 saturated carbocycles. The number of nitrogens with two attached hydrogens (primary N) is 1. The molecule has 0 aromatic carbocycles. The van der Waals surface area contributed by atoms with Crippen molar-refractivity contribution >= 4 is 28.7 Å². The van der Waals surface area contributed by atoms with Crippen LogP contribution in [0.25, 0.3) is 0 Å². The van der Waals surface area contributed by atoms with E-state index in [1.165, 1.54) is 27.9 Å². The van der Waals surface area contributed by atoms with Crippen LogP contribution in [0.5, 0.6) is 0 Å². The summed E-state index contributed by atoms with van der Waals surface area (Å²) in [5.74, 6) is -0.312. The fourth-order valence-corrected chi connectivity index (χ4v) is 3.19. The van der Waals surface area contributed by atoms with Crippen molar-refractivity contribution in [3.05, 3.63) is 42.7 Å². The Morgan fingerprint density at radius 2 is 2.13 bits per heavy atom. The van der Waals surface area contributed by atoms with Gasteiger partial charge in [0.2, 0.25) is 0 Å². The summed E-state index contributed by atoms with van der Waals surface area (Å²) in [6, 6.07) is 1.83. The van der Waals surface area contributed by atoms with Crippen molar-refractivity contribution in [3.8, 4) is 0 Å². The summed E-state index contributed by atoms with van der Waals surface area (Å²) in [5, 5.41) is 1.81. The quantitative estimate of drug-likeness (QED) is 0.865. The Hall–Kier alpha value is -2.35. The molecular formula is C15H20N4O3S. The number of amides is 1. The van der Waals surface area contributed by atoms with Crippen molar-refractivity contribution in [2.75, 3.05) is 17.7 Å². The number of carbonyl (C=O) groups excluding carboxylic acids is 1. The molecular weight excluding hydrogens is 316 g/mol. The number of aryl methyl sites for hydroxylation is 1. The molecule has 3 N–H and O–H groups in total. The average molecular weight is 336 g/mol. The van der Waals surface area contributed by atoms with Gasteiger partial charge in [-0.1, -0.05) is 13.3 Å². The lowest BCUT2D eigenvalue weighted by Crippen LogP contribution is -2.39. The third-order valence-electron chi connectivity index (χ3n) is 3.65. The highest BCUT2D eigenvalue weighted by Crippen LogP contribution is 2.22. The van der Waals surface area contributed by atoms with Gasteiger partial charge < -0.3 is 10.6 Å². The number of aromatic amines is 1. The monoisotopic (exact) mass is 336 g/mol. The minimum atomic E-state index is -0.662. The molecule has 8 heteroatoms. The number of aromatic nitrogens is 2. The van der Waals surface area contributed by atoms with Gasteiger partial charge in [-0.05, 0) is 30.4 Å². The first-order valence-electron chi connectivity index (χ1n) is 7.33. The number of nitrogens with zero attached hydrogens (tertiary/aromatic N) is 2. The summed E-state index contributed by atoms with van der Waals surface area (Å²) in [5.41, 5.74) is 5.62. The zero-order valence-electron chi connectivity index (χ0n) is 13.4. The number of carbonyl (C=O) groups is 1. The molecule has 7 nitrogen and oxygen atoms in total. The number of rotatable bonds is 5. The average Bonchev–Trinajstić information content (AvgIpc) is 2.92. The van der Waals surface area contributed by atoms with Crippen LogP contribution in [0, 0.1) is 6.92 Å². The zero-order chi connectivity index (χ0) is 17.1. The molecule has 2 rings (SSSR count). The molecule has 0 bridgehead atoms. The van der Waals surface area contributed by atoms with Crippen LogP contribution < -0.4 is 21.9 Å². The van der Waals surface area contributed by atoms with E-state index in [4.69, 9.17) is 5.73 Å². The first kappa shape index (κ1) is 17.0. The molecule has 0 unspecified atom stereocenters. The van der Waals surface area contributed by atoms with Crippen LogP contribution in [0.2, 0.25) is 0 Å². The molecule has 1 amide bonds. The first-order valence-corrected chi connectivity index (χ1v) is 8.21. The van der Waals surface area contributed by atoms with Gasteiger partial charge in [0.15, 0.2) is 5.69 Å². The Bertz CT molecular complexity index is 834. The number of hydrogen-bond donors (Lipinski definition) is 2. The summed E-state index contributed by atoms with van der Waals surface area (Å²) in [7, 11) is 1.48. The molecule has 0 spiro atoms. The Morgan fingerprint density at radius 1 is 1.43 bits per heavy atom. The van der Waals surface area contributed by atoms with Crippen LogP contribution in [-0.4, -0.2) is 22.5 Å². The standard InChI is InChI=1S/C15H20N4O3S/c1-4-5-7-19-12(16)10(13(20)17-15(19)22)18(3)14(21)11-9(2)6-8-23-11/h6,8H,4-5,7,16H2,1-3H3,(H,17,20,22). The normalized spacial score (nSPS) is 10.7. The minimum absolute atomic E-state index is 0.00139. The van der Waals surface area contributed by atoms with Crippen molar-refractivity contribution in [1.82, 2.24) is 9.55 Å². The van der Waals surface area contributed by atoms with E-state index >= 15 is 0 Å². The van der Waals surface area contributed by atoms with Crippen molar-refractivity contribution in [2.24, 2.45) is 0 Å². The van der Waals surface area contributed by atoms with Crippen LogP contribution in [0.4, 0.5) is 11.5 Å². The molecule has 0 radical (unpaired) electrons. The van der Waals surface area contributed by atoms with Crippen LogP contribution in [0.3, 0.4) is 0 Å². The van der Waals surface area contributed by atoms with E-state index in [0.29, 0.717) is 11.4 Å². The van der Waals surface area contributed by atoms with Gasteiger partial charge in [-0.25, -0.2) is 4.79 Å². The maximum Gasteiger partial charge on any atom is 0.330 e. The predicted molar refractivity (Wildman–Crippen MR) is 92.4 cm³/mol. The number of thiophene rings is 1. The minimum Gasteiger partial charge on any atom is -0.383 e. The predicted octanol–water partition coefficient (Wildman–Crippen LogP) is 1.57. The van der Waals surface area contributed by atoms with E-state index in [2.05, 4.69) is 4.98 Å². The second kappa shape index (κ2) is 6.82. The van der Waals surface area contributed by atoms with Crippen molar-refractivity contribution in [1.29, 1.82) is 0 Å². The van der Waals surface area contributed by atoms with Gasteiger partial charge in [-0.2, -0.15) is 0 Å². The Labute approximate surface area is 137 Å². The van der Waals surface area contributed by atoms with Crippen LogP contribution in [0.15, 0.2) is 21.0 Å². The smallest absolute Gasteiger partial charge is 0.330 e. The third-order valence-corrected chi connectivity index (χ3v) is 4.65. The van der Waals surface area contributed by atoms with E-state index < -0.39 is 11.2 Å². The lowest BCUT2D eigenvalue weighted by Gasteiger charge is -2.20. The summed E-state index contributed by atoms with van der Waals surface area (Å²) in [4.78, 5) is 40.6. The molecule has 2 aromatic rings. The maximum absolute atomic E-state index is 12.6. The number of anilines is 2. The van der Waals surface area contributed by atoms with Crippen molar-refractivity contribution < 1.29 is 4.79 Å². The van der Waals surface area contributed by atoms with E-state index in [1.807, 2.05) is 25.3 Å². The number of unbranched alkanes of at least 4 members (excludes halogenated alkanes) is 1. The molecule has 0 aliphatic heterocycles. The van der Waals surface area contributed by atoms with Gasteiger partial charge in [-0.15, -0.1) is 11.3 Å². The SMILES string of the molecule is CCCCn1c(N)c(N(C)C(=O)c2sccc2C)c(=O)[nH]c1=O. The Morgan fingerprint density at radius 3 is 2.70 bits per heavy atom. The molecule has 2 aromatic heterocycles. The lowest BCUT2D eigenvalue weighted by molar-refractivity contribution is 0.0996. The third kappa shape index (κ3) is 3.21. The van der Waals surface area contributed by atoms with Gasteiger partial charge in [-0.3, -0.25) is 19.1 Å². The highest BCUT2D eigenvalue weighted by Gasteiger charge is 2.23. The molecule has 0 fully saturated rings. The molecule has 0 atom stereocenters.